The minimum absolute atomic E-state index is 0. The molecule has 0 unspecified atom stereocenters. The van der Waals surface area contributed by atoms with Gasteiger partial charge < -0.3 is 5.11 Å². The smallest absolute Gasteiger partial charge is 0.306 e. The van der Waals surface area contributed by atoms with E-state index < -0.39 is 5.97 Å². The van der Waals surface area contributed by atoms with E-state index in [1.165, 1.54) is 6.42 Å². The van der Waals surface area contributed by atoms with Crippen molar-refractivity contribution >= 4 is 5.97 Å². The lowest BCUT2D eigenvalue weighted by atomic mass is 9.90. The first-order valence-corrected chi connectivity index (χ1v) is 3.53. The molecule has 0 radical (unpaired) electrons. The van der Waals surface area contributed by atoms with Crippen LogP contribution in [0.5, 0.6) is 0 Å². The molecule has 2 heteroatoms. The highest BCUT2D eigenvalue weighted by Gasteiger charge is 2.19. The second kappa shape index (κ2) is 2.85. The fourth-order valence-corrected chi connectivity index (χ4v) is 1.35. The van der Waals surface area contributed by atoms with E-state index >= 15 is 0 Å². The van der Waals surface area contributed by atoms with Gasteiger partial charge in [0.05, 0.1) is 5.92 Å². The van der Waals surface area contributed by atoms with Gasteiger partial charge in [0.25, 0.3) is 0 Å². The molecule has 1 aliphatic rings. The van der Waals surface area contributed by atoms with Crippen molar-refractivity contribution in [3.63, 3.8) is 0 Å². The first-order valence-electron chi connectivity index (χ1n) is 7.53. The Hall–Kier alpha value is -0.530. The molecule has 62 valence electrons. The van der Waals surface area contributed by atoms with Gasteiger partial charge in [-0.15, -0.1) is 0 Å². The maximum absolute atomic E-state index is 10.4. The molecule has 1 N–H and O–H groups in total. The van der Waals surface area contributed by atoms with Crippen LogP contribution in [0, 0.1) is 5.92 Å². The van der Waals surface area contributed by atoms with Gasteiger partial charge in [0, 0.05) is 13.3 Å². The summed E-state index contributed by atoms with van der Waals surface area (Å²) < 4.78 is 40.0. The summed E-state index contributed by atoms with van der Waals surface area (Å²) in [7, 11) is 0. The van der Waals surface area contributed by atoms with Gasteiger partial charge >= 0.3 is 5.97 Å². The first kappa shape index (κ1) is 3.04. The van der Waals surface area contributed by atoms with E-state index in [-0.39, 0.29) is 7.34 Å². The Morgan fingerprint density at radius 3 is 2.33 bits per heavy atom. The van der Waals surface area contributed by atoms with Crippen LogP contribution in [-0.4, -0.2) is 11.1 Å². The maximum atomic E-state index is 10.4. The standard InChI is InChI=1S/C7H12O2.5H2/c8-7(9)6-4-2-1-3-5-6;;;;;/h6H,1-5H2,(H,8,9);5*1H/i;4*1+1D;1+1. The Morgan fingerprint density at radius 1 is 1.44 bits per heavy atom. The molecule has 0 amide bonds. The Morgan fingerprint density at radius 2 is 2.00 bits per heavy atom. The predicted octanol–water partition coefficient (Wildman–Crippen LogP) is 2.88. The number of hydrogen-bond donors (Lipinski definition) is 1. The molecule has 9 heavy (non-hydrogen) atoms. The van der Waals surface area contributed by atoms with Crippen LogP contribution in [0.4, 0.5) is 0 Å². The number of aliphatic carboxylic acids is 1. The molecule has 2 nitrogen and oxygen atoms in total. The van der Waals surface area contributed by atoms with Crippen molar-refractivity contribution < 1.29 is 23.2 Å². The highest BCUT2D eigenvalue weighted by atomic mass is 16.4. The van der Waals surface area contributed by atoms with Crippen LogP contribution in [0.15, 0.2) is 0 Å². The average Bonchev–Trinajstić information content (AvgIpc) is 2.48. The largest absolute Gasteiger partial charge is 0.481 e. The fraction of sp³-hybridized carbons (Fsp3) is 0.857. The molecule has 0 aromatic rings. The molecule has 1 aliphatic carbocycles. The minimum Gasteiger partial charge on any atom is -0.481 e. The Labute approximate surface area is 68.7 Å². The Balaban J connectivity index is -0.0000000542. The lowest BCUT2D eigenvalue weighted by molar-refractivity contribution is -0.142. The van der Waals surface area contributed by atoms with Gasteiger partial charge in [-0.1, -0.05) is 19.3 Å². The molecule has 0 heterocycles. The minimum atomic E-state index is -0.602. The summed E-state index contributed by atoms with van der Waals surface area (Å²) in [5, 5.41) is 8.54. The van der Waals surface area contributed by atoms with Gasteiger partial charge in [-0.05, 0) is 12.8 Å². The number of carboxylic acids is 1. The molecule has 0 saturated heterocycles. The number of hydrogen-bond acceptors (Lipinski definition) is 1. The molecule has 0 aliphatic heterocycles. The quantitative estimate of drug-likeness (QED) is 0.619. The van der Waals surface area contributed by atoms with E-state index in [4.69, 9.17) is 17.0 Å². The Bertz CT molecular complexity index is 121. The third-order valence-corrected chi connectivity index (χ3v) is 1.95. The summed E-state index contributed by atoms with van der Waals surface area (Å²) in [6.07, 6.45) is 5.24. The van der Waals surface area contributed by atoms with Gasteiger partial charge in [0.2, 0.25) is 0 Å². The van der Waals surface area contributed by atoms with Crippen LogP contribution in [0.3, 0.4) is 0 Å². The van der Waals surface area contributed by atoms with Crippen LogP contribution in [0.2, 0.25) is 0 Å². The van der Waals surface area contributed by atoms with Gasteiger partial charge in [0.15, 0.2) is 0 Å². The summed E-state index contributed by atoms with van der Waals surface area (Å²) in [5.74, 6) is -0.631. The zero-order chi connectivity index (χ0) is 14.7. The van der Waals surface area contributed by atoms with Crippen molar-refractivity contribution in [1.29, 1.82) is 0 Å². The summed E-state index contributed by atoms with van der Waals surface area (Å²) in [4.78, 5) is 10.4. The molecule has 0 spiro atoms. The second-order valence-electron chi connectivity index (χ2n) is 2.67. The van der Waals surface area contributed by atoms with Gasteiger partial charge in [-0.25, -0.2) is 0 Å². The fourth-order valence-electron chi connectivity index (χ4n) is 1.35. The van der Waals surface area contributed by atoms with E-state index in [1.807, 2.05) is 0 Å². The zero-order valence-electron chi connectivity index (χ0n) is 13.5. The van der Waals surface area contributed by atoms with Crippen LogP contribution >= 0.6 is 0 Å². The maximum Gasteiger partial charge on any atom is 0.306 e. The summed E-state index contributed by atoms with van der Waals surface area (Å²) >= 11 is 0. The molecule has 0 bridgehead atoms. The third kappa shape index (κ3) is 1.70. The molecule has 1 rings (SSSR count). The van der Waals surface area contributed by atoms with Crippen LogP contribution < -0.4 is 0 Å². The second-order valence-corrected chi connectivity index (χ2v) is 2.67. The normalized spacial score (nSPS) is 25.3. The van der Waals surface area contributed by atoms with E-state index in [1.54, 1.807) is 0 Å². The molecular weight excluding hydrogens is 116 g/mol. The van der Waals surface area contributed by atoms with E-state index in [0.29, 0.717) is 0 Å². The number of rotatable bonds is 1. The van der Waals surface area contributed by atoms with Crippen molar-refractivity contribution in [2.75, 3.05) is 0 Å². The molecule has 1 fully saturated rings. The third-order valence-electron chi connectivity index (χ3n) is 1.95. The summed E-state index contributed by atoms with van der Waals surface area (Å²) in [5.41, 5.74) is 0. The highest BCUT2D eigenvalue weighted by Crippen LogP contribution is 2.23. The molecular formula is C7H22O2. The van der Waals surface area contributed by atoms with E-state index in [9.17, 15) is 4.79 Å². The molecule has 0 aromatic carbocycles. The monoisotopic (exact) mass is 147 g/mol. The SMILES string of the molecule is O=C(O)C1CCCCC1.[2HH].[2H][2H].[2H][2H].[2H][2H].[2H][2H]. The predicted molar refractivity (Wildman–Crippen MR) is 44.8 cm³/mol. The number of carbonyl (C=O) groups is 1. The van der Waals surface area contributed by atoms with Crippen molar-refractivity contribution in [3.05, 3.63) is 0 Å². The summed E-state index contributed by atoms with van der Waals surface area (Å²) in [6.45, 7) is 0. The van der Waals surface area contributed by atoms with E-state index in [0.717, 1.165) is 25.7 Å². The van der Waals surface area contributed by atoms with Crippen LogP contribution in [0.1, 0.15) is 45.4 Å². The van der Waals surface area contributed by atoms with Crippen LogP contribution in [-0.2, 0) is 4.79 Å². The molecule has 0 aromatic heterocycles. The average molecular weight is 147 g/mol. The van der Waals surface area contributed by atoms with Crippen molar-refractivity contribution in [2.45, 2.75) is 32.1 Å². The Kier molecular flexibility index (Phi) is 0.963. The highest BCUT2D eigenvalue weighted by molar-refractivity contribution is 5.69. The number of carboxylic acid groups (broad SMARTS) is 1. The van der Waals surface area contributed by atoms with Crippen LogP contribution in [0.25, 0.3) is 0 Å². The van der Waals surface area contributed by atoms with Crippen molar-refractivity contribution in [3.8, 4) is 0 Å². The van der Waals surface area contributed by atoms with Gasteiger partial charge in [-0.3, -0.25) is 4.79 Å². The lowest BCUT2D eigenvalue weighted by Crippen LogP contribution is -2.16. The molecule has 0 atom stereocenters. The summed E-state index contributed by atoms with van der Waals surface area (Å²) in [6, 6.07) is 0. The topological polar surface area (TPSA) is 37.3 Å². The van der Waals surface area contributed by atoms with Crippen molar-refractivity contribution in [2.24, 2.45) is 5.92 Å². The zero-order valence-corrected chi connectivity index (χ0v) is 5.47. The molecule has 1 saturated carbocycles. The van der Waals surface area contributed by atoms with Gasteiger partial charge in [-0.2, -0.15) is 0 Å². The van der Waals surface area contributed by atoms with Gasteiger partial charge in [0.1, 0.15) is 0 Å². The van der Waals surface area contributed by atoms with Crippen molar-refractivity contribution in [1.82, 2.24) is 0 Å². The first-order chi connectivity index (χ1) is 8.30. The van der Waals surface area contributed by atoms with E-state index in [2.05, 4.69) is 0 Å². The lowest BCUT2D eigenvalue weighted by Gasteiger charge is -2.16.